The third kappa shape index (κ3) is 4.87. The second-order valence-electron chi connectivity index (χ2n) is 12.5. The molecule has 0 amide bonds. The van der Waals surface area contributed by atoms with Crippen molar-refractivity contribution in [2.45, 2.75) is 0 Å². The first-order valence-corrected chi connectivity index (χ1v) is 16.6. The predicted molar refractivity (Wildman–Crippen MR) is 206 cm³/mol. The molecule has 0 aliphatic rings. The summed E-state index contributed by atoms with van der Waals surface area (Å²) in [5.41, 5.74) is 12.4. The van der Waals surface area contributed by atoms with Crippen LogP contribution < -0.4 is 0 Å². The molecular formula is C48H32. The Labute approximate surface area is 281 Å². The summed E-state index contributed by atoms with van der Waals surface area (Å²) < 4.78 is 0. The largest absolute Gasteiger partial charge is 0.0622 e. The van der Waals surface area contributed by atoms with Crippen molar-refractivity contribution in [1.82, 2.24) is 0 Å². The summed E-state index contributed by atoms with van der Waals surface area (Å²) in [6.07, 6.45) is 0. The zero-order chi connectivity index (χ0) is 31.9. The highest BCUT2D eigenvalue weighted by atomic mass is 14.2. The topological polar surface area (TPSA) is 0 Å². The summed E-state index contributed by atoms with van der Waals surface area (Å²) in [5.74, 6) is 0. The van der Waals surface area contributed by atoms with Crippen molar-refractivity contribution >= 4 is 32.3 Å². The Morgan fingerprint density at radius 1 is 0.208 bits per heavy atom. The van der Waals surface area contributed by atoms with Crippen LogP contribution in [0.15, 0.2) is 194 Å². The Morgan fingerprint density at radius 3 is 1.27 bits per heavy atom. The lowest BCUT2D eigenvalue weighted by atomic mass is 9.83. The number of hydrogen-bond acceptors (Lipinski definition) is 0. The summed E-state index contributed by atoms with van der Waals surface area (Å²) >= 11 is 0. The van der Waals surface area contributed by atoms with Crippen molar-refractivity contribution in [2.24, 2.45) is 0 Å². The molecule has 0 fully saturated rings. The maximum absolute atomic E-state index is 2.29. The van der Waals surface area contributed by atoms with E-state index in [-0.39, 0.29) is 0 Å². The molecule has 0 nitrogen and oxygen atoms in total. The van der Waals surface area contributed by atoms with E-state index in [0.29, 0.717) is 0 Å². The van der Waals surface area contributed by atoms with Gasteiger partial charge in [-0.3, -0.25) is 0 Å². The van der Waals surface area contributed by atoms with Gasteiger partial charge in [-0.1, -0.05) is 188 Å². The highest BCUT2D eigenvalue weighted by molar-refractivity contribution is 6.22. The Bertz CT molecular complexity index is 2520. The molecule has 9 aromatic carbocycles. The number of hydrogen-bond donors (Lipinski definition) is 0. The SMILES string of the molecule is c1ccc(-c2ccc(-c3ccccc3-c3c4ccccc4c(-c4ccc(-c5ccc6ccccc6c5)cc4)c4ccccc34)cc2)cc1. The van der Waals surface area contributed by atoms with E-state index in [1.807, 2.05) is 0 Å². The average Bonchev–Trinajstić information content (AvgIpc) is 3.17. The van der Waals surface area contributed by atoms with Gasteiger partial charge < -0.3 is 0 Å². The predicted octanol–water partition coefficient (Wildman–Crippen LogP) is 13.5. The molecule has 0 N–H and O–H groups in total. The Hall–Kier alpha value is -6.24. The fraction of sp³-hybridized carbons (Fsp3) is 0. The van der Waals surface area contributed by atoms with Gasteiger partial charge >= 0.3 is 0 Å². The Kier molecular flexibility index (Phi) is 6.91. The minimum Gasteiger partial charge on any atom is -0.0622 e. The van der Waals surface area contributed by atoms with Crippen LogP contribution in [0, 0.1) is 0 Å². The van der Waals surface area contributed by atoms with Gasteiger partial charge in [0.2, 0.25) is 0 Å². The third-order valence-electron chi connectivity index (χ3n) is 9.69. The van der Waals surface area contributed by atoms with Crippen molar-refractivity contribution < 1.29 is 0 Å². The highest BCUT2D eigenvalue weighted by Crippen LogP contribution is 2.46. The van der Waals surface area contributed by atoms with Crippen LogP contribution in [0.25, 0.3) is 88.0 Å². The molecule has 48 heavy (non-hydrogen) atoms. The molecule has 9 rings (SSSR count). The maximum atomic E-state index is 2.29. The zero-order valence-corrected chi connectivity index (χ0v) is 26.5. The highest BCUT2D eigenvalue weighted by Gasteiger charge is 2.19. The molecule has 0 aliphatic carbocycles. The molecule has 0 heterocycles. The lowest BCUT2D eigenvalue weighted by molar-refractivity contribution is 1.58. The molecule has 0 saturated heterocycles. The van der Waals surface area contributed by atoms with E-state index in [4.69, 9.17) is 0 Å². The molecule has 224 valence electrons. The van der Waals surface area contributed by atoms with E-state index in [0.717, 1.165) is 0 Å². The van der Waals surface area contributed by atoms with Crippen LogP contribution in [0.2, 0.25) is 0 Å². The smallest absolute Gasteiger partial charge is 0.00201 e. The molecule has 0 unspecified atom stereocenters. The van der Waals surface area contributed by atoms with E-state index >= 15 is 0 Å². The monoisotopic (exact) mass is 608 g/mol. The van der Waals surface area contributed by atoms with Gasteiger partial charge in [-0.05, 0) is 94.0 Å². The van der Waals surface area contributed by atoms with Gasteiger partial charge in [0.05, 0.1) is 0 Å². The molecule has 0 spiro atoms. The van der Waals surface area contributed by atoms with Gasteiger partial charge in [0.25, 0.3) is 0 Å². The minimum atomic E-state index is 1.21. The van der Waals surface area contributed by atoms with Crippen molar-refractivity contribution in [1.29, 1.82) is 0 Å². The third-order valence-corrected chi connectivity index (χ3v) is 9.69. The summed E-state index contributed by atoms with van der Waals surface area (Å²) in [4.78, 5) is 0. The molecule has 9 aromatic rings. The summed E-state index contributed by atoms with van der Waals surface area (Å²) in [5, 5.41) is 7.58. The van der Waals surface area contributed by atoms with Crippen LogP contribution in [-0.4, -0.2) is 0 Å². The molecule has 0 atom stereocenters. The van der Waals surface area contributed by atoms with Crippen LogP contribution in [0.4, 0.5) is 0 Å². The van der Waals surface area contributed by atoms with Gasteiger partial charge in [-0.25, -0.2) is 0 Å². The van der Waals surface area contributed by atoms with E-state index in [1.165, 1.54) is 88.0 Å². The maximum Gasteiger partial charge on any atom is -0.00201 e. The summed E-state index contributed by atoms with van der Waals surface area (Å²) in [7, 11) is 0. The van der Waals surface area contributed by atoms with E-state index < -0.39 is 0 Å². The van der Waals surface area contributed by atoms with E-state index in [1.54, 1.807) is 0 Å². The van der Waals surface area contributed by atoms with Crippen molar-refractivity contribution in [2.75, 3.05) is 0 Å². The van der Waals surface area contributed by atoms with Gasteiger partial charge in [0, 0.05) is 0 Å². The number of benzene rings is 9. The molecule has 0 bridgehead atoms. The van der Waals surface area contributed by atoms with Crippen molar-refractivity contribution in [3.05, 3.63) is 194 Å². The van der Waals surface area contributed by atoms with Crippen LogP contribution in [0.1, 0.15) is 0 Å². The number of rotatable bonds is 5. The molecule has 0 saturated carbocycles. The van der Waals surface area contributed by atoms with E-state index in [9.17, 15) is 0 Å². The van der Waals surface area contributed by atoms with Crippen molar-refractivity contribution in [3.8, 4) is 55.6 Å². The van der Waals surface area contributed by atoms with Gasteiger partial charge in [0.15, 0.2) is 0 Å². The van der Waals surface area contributed by atoms with Crippen LogP contribution >= 0.6 is 0 Å². The second kappa shape index (κ2) is 11.8. The zero-order valence-electron chi connectivity index (χ0n) is 26.5. The lowest BCUT2D eigenvalue weighted by Gasteiger charge is -2.20. The first kappa shape index (κ1) is 28.0. The van der Waals surface area contributed by atoms with E-state index in [2.05, 4.69) is 194 Å². The van der Waals surface area contributed by atoms with Crippen LogP contribution in [0.5, 0.6) is 0 Å². The fourth-order valence-electron chi connectivity index (χ4n) is 7.35. The molecular weight excluding hydrogens is 577 g/mol. The quantitative estimate of drug-likeness (QED) is 0.171. The van der Waals surface area contributed by atoms with Gasteiger partial charge in [-0.2, -0.15) is 0 Å². The average molecular weight is 609 g/mol. The van der Waals surface area contributed by atoms with Gasteiger partial charge in [0.1, 0.15) is 0 Å². The first-order valence-electron chi connectivity index (χ1n) is 16.6. The summed E-state index contributed by atoms with van der Waals surface area (Å²) in [6.45, 7) is 0. The second-order valence-corrected chi connectivity index (χ2v) is 12.5. The Balaban J connectivity index is 1.20. The van der Waals surface area contributed by atoms with Gasteiger partial charge in [-0.15, -0.1) is 0 Å². The minimum absolute atomic E-state index is 1.21. The number of fused-ring (bicyclic) bond motifs is 3. The van der Waals surface area contributed by atoms with Crippen molar-refractivity contribution in [3.63, 3.8) is 0 Å². The van der Waals surface area contributed by atoms with Crippen LogP contribution in [-0.2, 0) is 0 Å². The Morgan fingerprint density at radius 2 is 0.625 bits per heavy atom. The molecule has 0 heteroatoms. The summed E-state index contributed by atoms with van der Waals surface area (Å²) in [6, 6.07) is 70.7. The molecule has 0 radical (unpaired) electrons. The first-order chi connectivity index (χ1) is 23.8. The normalized spacial score (nSPS) is 11.3. The fourth-order valence-corrected chi connectivity index (χ4v) is 7.35. The molecule has 0 aliphatic heterocycles. The molecule has 0 aromatic heterocycles. The standard InChI is InChI=1S/C48H32/c1-2-12-33(13-3-1)35-22-27-37(28-23-35)41-16-6-7-17-42(41)48-45-20-10-8-18-43(45)47(44-19-9-11-21-46(44)48)38-29-24-36(25-30-38)40-31-26-34-14-4-5-15-39(34)32-40/h1-32H. The van der Waals surface area contributed by atoms with Crippen LogP contribution in [0.3, 0.4) is 0 Å². The lowest BCUT2D eigenvalue weighted by Crippen LogP contribution is -1.93.